The van der Waals surface area contributed by atoms with Gasteiger partial charge in [0.25, 0.3) is 0 Å². The molecule has 0 radical (unpaired) electrons. The van der Waals surface area contributed by atoms with Gasteiger partial charge in [0, 0.05) is 26.6 Å². The topological polar surface area (TPSA) is 46.6 Å². The second-order valence-corrected chi connectivity index (χ2v) is 5.84. The summed E-state index contributed by atoms with van der Waals surface area (Å²) < 4.78 is 30.6. The molecule has 0 bridgehead atoms. The molecule has 0 aliphatic heterocycles. The molecule has 6 heteroatoms. The van der Waals surface area contributed by atoms with Crippen LogP contribution in [-0.4, -0.2) is 40.0 Å². The average molecular weight is 278 g/mol. The summed E-state index contributed by atoms with van der Waals surface area (Å²) in [5, 5.41) is 0. The van der Waals surface area contributed by atoms with Crippen molar-refractivity contribution in [2.24, 2.45) is 0 Å². The lowest BCUT2D eigenvalue weighted by molar-refractivity contribution is 0.185. The largest absolute Gasteiger partial charge is 0.383 e. The van der Waals surface area contributed by atoms with Crippen molar-refractivity contribution in [2.75, 3.05) is 27.3 Å². The fourth-order valence-electron chi connectivity index (χ4n) is 1.37. The van der Waals surface area contributed by atoms with Crippen LogP contribution in [0.2, 0.25) is 0 Å². The van der Waals surface area contributed by atoms with Crippen LogP contribution in [0.3, 0.4) is 0 Å². The summed E-state index contributed by atoms with van der Waals surface area (Å²) in [5.74, 6) is 0.174. The third-order valence-corrected chi connectivity index (χ3v) is 4.66. The molecule has 0 atom stereocenters. The van der Waals surface area contributed by atoms with Crippen molar-refractivity contribution in [1.29, 1.82) is 0 Å². The molecule has 1 aromatic carbocycles. The Bertz CT molecular complexity index is 462. The number of sulfonamides is 1. The molecule has 4 nitrogen and oxygen atoms in total. The Kier molecular flexibility index (Phi) is 5.39. The zero-order chi connectivity index (χ0) is 12.9. The molecular weight excluding hydrogens is 262 g/mol. The predicted octanol–water partition coefficient (Wildman–Crippen LogP) is 1.69. The van der Waals surface area contributed by atoms with Gasteiger partial charge in [-0.1, -0.05) is 18.2 Å². The third-order valence-electron chi connectivity index (χ3n) is 2.42. The van der Waals surface area contributed by atoms with Gasteiger partial charge in [0.15, 0.2) is 0 Å². The highest BCUT2D eigenvalue weighted by atomic mass is 35.5. The summed E-state index contributed by atoms with van der Waals surface area (Å²) in [6.45, 7) is 0.675. The number of hydrogen-bond acceptors (Lipinski definition) is 3. The summed E-state index contributed by atoms with van der Waals surface area (Å²) in [7, 11) is -0.423. The molecule has 0 aliphatic rings. The number of rotatable bonds is 6. The standard InChI is InChI=1S/C11H16ClNO3S/c1-13(7-8-16-2)17(14,15)11-6-4-3-5-10(11)9-12/h3-6H,7-9H2,1-2H3. The van der Waals surface area contributed by atoms with E-state index in [1.54, 1.807) is 24.3 Å². The first-order chi connectivity index (χ1) is 8.04. The molecule has 1 aromatic rings. The van der Waals surface area contributed by atoms with Gasteiger partial charge in [0.1, 0.15) is 0 Å². The average Bonchev–Trinajstić information content (AvgIpc) is 2.35. The van der Waals surface area contributed by atoms with Gasteiger partial charge >= 0.3 is 0 Å². The first-order valence-electron chi connectivity index (χ1n) is 5.13. The van der Waals surface area contributed by atoms with E-state index in [2.05, 4.69) is 0 Å². The van der Waals surface area contributed by atoms with Crippen molar-refractivity contribution in [3.63, 3.8) is 0 Å². The highest BCUT2D eigenvalue weighted by Crippen LogP contribution is 2.20. The van der Waals surface area contributed by atoms with Crippen LogP contribution < -0.4 is 0 Å². The molecule has 0 spiro atoms. The number of benzene rings is 1. The van der Waals surface area contributed by atoms with E-state index in [1.807, 2.05) is 0 Å². The highest BCUT2D eigenvalue weighted by molar-refractivity contribution is 7.89. The fourth-order valence-corrected chi connectivity index (χ4v) is 3.06. The van der Waals surface area contributed by atoms with Crippen molar-refractivity contribution in [1.82, 2.24) is 4.31 Å². The molecule has 0 aromatic heterocycles. The molecule has 96 valence electrons. The van der Waals surface area contributed by atoms with Gasteiger partial charge in [-0.2, -0.15) is 4.31 Å². The monoisotopic (exact) mass is 277 g/mol. The van der Waals surface area contributed by atoms with Gasteiger partial charge in [0.2, 0.25) is 10.0 Å². The molecule has 17 heavy (non-hydrogen) atoms. The van der Waals surface area contributed by atoms with Gasteiger partial charge < -0.3 is 4.74 Å². The molecule has 0 fully saturated rings. The van der Waals surface area contributed by atoms with E-state index in [4.69, 9.17) is 16.3 Å². The number of alkyl halides is 1. The minimum Gasteiger partial charge on any atom is -0.383 e. The molecule has 0 saturated heterocycles. The highest BCUT2D eigenvalue weighted by Gasteiger charge is 2.22. The minimum atomic E-state index is -3.49. The lowest BCUT2D eigenvalue weighted by Gasteiger charge is -2.18. The third kappa shape index (κ3) is 3.42. The van der Waals surface area contributed by atoms with Gasteiger partial charge in [-0.25, -0.2) is 8.42 Å². The first kappa shape index (κ1) is 14.4. The lowest BCUT2D eigenvalue weighted by atomic mass is 10.2. The maximum Gasteiger partial charge on any atom is 0.243 e. The van der Waals surface area contributed by atoms with Gasteiger partial charge in [-0.3, -0.25) is 0 Å². The molecule has 0 N–H and O–H groups in total. The number of likely N-dealkylation sites (N-methyl/N-ethyl adjacent to an activating group) is 1. The minimum absolute atomic E-state index is 0.174. The lowest BCUT2D eigenvalue weighted by Crippen LogP contribution is -2.30. The summed E-state index contributed by atoms with van der Waals surface area (Å²) in [6, 6.07) is 6.74. The van der Waals surface area contributed by atoms with Crippen LogP contribution in [-0.2, 0) is 20.6 Å². The van der Waals surface area contributed by atoms with Crippen molar-refractivity contribution in [3.8, 4) is 0 Å². The van der Waals surface area contributed by atoms with Crippen LogP contribution >= 0.6 is 11.6 Å². The van der Waals surface area contributed by atoms with Gasteiger partial charge in [-0.05, 0) is 11.6 Å². The number of methoxy groups -OCH3 is 1. The normalized spacial score (nSPS) is 12.0. The van der Waals surface area contributed by atoms with E-state index >= 15 is 0 Å². The summed E-state index contributed by atoms with van der Waals surface area (Å²) >= 11 is 5.74. The second-order valence-electron chi connectivity index (χ2n) is 3.56. The Hall–Kier alpha value is -0.620. The summed E-state index contributed by atoms with van der Waals surface area (Å²) in [6.07, 6.45) is 0. The Morgan fingerprint density at radius 1 is 1.35 bits per heavy atom. The number of hydrogen-bond donors (Lipinski definition) is 0. The van der Waals surface area contributed by atoms with E-state index in [0.29, 0.717) is 18.7 Å². The molecular formula is C11H16ClNO3S. The van der Waals surface area contributed by atoms with Crippen LogP contribution in [0.5, 0.6) is 0 Å². The maximum absolute atomic E-state index is 12.2. The molecule has 0 unspecified atom stereocenters. The SMILES string of the molecule is COCCN(C)S(=O)(=O)c1ccccc1CCl. The molecule has 0 saturated carbocycles. The maximum atomic E-state index is 12.2. The first-order valence-corrected chi connectivity index (χ1v) is 7.10. The van der Waals surface area contributed by atoms with Crippen molar-refractivity contribution in [3.05, 3.63) is 29.8 Å². The van der Waals surface area contributed by atoms with Crippen molar-refractivity contribution < 1.29 is 13.2 Å². The number of nitrogens with zero attached hydrogens (tertiary/aromatic N) is 1. The Morgan fingerprint density at radius 2 is 2.00 bits per heavy atom. The van der Waals surface area contributed by atoms with Crippen molar-refractivity contribution in [2.45, 2.75) is 10.8 Å². The van der Waals surface area contributed by atoms with Crippen LogP contribution in [0.4, 0.5) is 0 Å². The van der Waals surface area contributed by atoms with Gasteiger partial charge in [0.05, 0.1) is 11.5 Å². The quantitative estimate of drug-likeness (QED) is 0.744. The Morgan fingerprint density at radius 3 is 2.59 bits per heavy atom. The molecule has 1 rings (SSSR count). The summed E-state index contributed by atoms with van der Waals surface area (Å²) in [4.78, 5) is 0.258. The molecule has 0 aliphatic carbocycles. The predicted molar refractivity (Wildman–Crippen MR) is 67.7 cm³/mol. The zero-order valence-corrected chi connectivity index (χ0v) is 11.5. The van der Waals surface area contributed by atoms with E-state index < -0.39 is 10.0 Å². The number of halogens is 1. The van der Waals surface area contributed by atoms with Crippen LogP contribution in [0.15, 0.2) is 29.2 Å². The van der Waals surface area contributed by atoms with Gasteiger partial charge in [-0.15, -0.1) is 11.6 Å². The zero-order valence-electron chi connectivity index (χ0n) is 9.89. The van der Waals surface area contributed by atoms with E-state index in [-0.39, 0.29) is 10.8 Å². The molecule has 0 amide bonds. The Balaban J connectivity index is 3.04. The second kappa shape index (κ2) is 6.35. The van der Waals surface area contributed by atoms with E-state index in [0.717, 1.165) is 0 Å². The Labute approximate surface area is 107 Å². The summed E-state index contributed by atoms with van der Waals surface area (Å²) in [5.41, 5.74) is 0.610. The van der Waals surface area contributed by atoms with Crippen LogP contribution in [0, 0.1) is 0 Å². The van der Waals surface area contributed by atoms with Crippen LogP contribution in [0.1, 0.15) is 5.56 Å². The van der Waals surface area contributed by atoms with Crippen molar-refractivity contribution >= 4 is 21.6 Å². The van der Waals surface area contributed by atoms with E-state index in [1.165, 1.54) is 18.5 Å². The van der Waals surface area contributed by atoms with Crippen LogP contribution in [0.25, 0.3) is 0 Å². The number of ether oxygens (including phenoxy) is 1. The fraction of sp³-hybridized carbons (Fsp3) is 0.455. The molecule has 0 heterocycles. The smallest absolute Gasteiger partial charge is 0.243 e. The van der Waals surface area contributed by atoms with E-state index in [9.17, 15) is 8.42 Å².